The number of imidazole rings is 1. The van der Waals surface area contributed by atoms with Crippen molar-refractivity contribution in [2.75, 3.05) is 11.9 Å². The van der Waals surface area contributed by atoms with Gasteiger partial charge >= 0.3 is 0 Å². The number of nitrogens with one attached hydrogen (secondary N) is 1. The topological polar surface area (TPSA) is 29.9 Å². The highest BCUT2D eigenvalue weighted by Crippen LogP contribution is 2.15. The molecule has 3 nitrogen and oxygen atoms in total. The Morgan fingerprint density at radius 1 is 1.24 bits per heavy atom. The first kappa shape index (κ1) is 13.6. The molecule has 90 valence electrons. The molecule has 0 amide bonds. The van der Waals surface area contributed by atoms with Crippen molar-refractivity contribution in [1.82, 2.24) is 9.55 Å². The Morgan fingerprint density at radius 2 is 1.94 bits per heavy atom. The number of hydrogen-bond donors (Lipinski definition) is 1. The molecule has 1 aromatic carbocycles. The number of anilines is 1. The molecule has 1 heterocycles. The third-order valence-electron chi connectivity index (χ3n) is 2.26. The summed E-state index contributed by atoms with van der Waals surface area (Å²) in [5.74, 6) is 0. The number of hydrogen-bond acceptors (Lipinski definition) is 2. The summed E-state index contributed by atoms with van der Waals surface area (Å²) in [6.45, 7) is 1.81. The number of rotatable bonds is 4. The van der Waals surface area contributed by atoms with Crippen LogP contribution >= 0.6 is 61.1 Å². The maximum Gasteiger partial charge on any atom is 0.132 e. The molecule has 0 saturated carbocycles. The van der Waals surface area contributed by atoms with Crippen LogP contribution in [0, 0.1) is 7.40 Å². The van der Waals surface area contributed by atoms with Gasteiger partial charge in [-0.05, 0) is 69.4 Å². The van der Waals surface area contributed by atoms with Gasteiger partial charge in [0.25, 0.3) is 0 Å². The van der Waals surface area contributed by atoms with Crippen molar-refractivity contribution >= 4 is 66.8 Å². The fraction of sp³-hybridized carbons (Fsp3) is 0.182. The minimum Gasteiger partial charge on any atom is -0.383 e. The third kappa shape index (κ3) is 3.82. The first-order valence-electron chi connectivity index (χ1n) is 5.02. The van der Waals surface area contributed by atoms with Crippen LogP contribution in [0.4, 0.5) is 5.69 Å². The molecule has 2 aromatic rings. The highest BCUT2D eigenvalue weighted by molar-refractivity contribution is 14.1. The van der Waals surface area contributed by atoms with Gasteiger partial charge in [0.1, 0.15) is 7.40 Å². The van der Waals surface area contributed by atoms with Gasteiger partial charge in [-0.1, -0.05) is 15.9 Å². The molecule has 0 spiro atoms. The maximum atomic E-state index is 4.26. The molecule has 0 saturated heterocycles. The minimum absolute atomic E-state index is 0.893. The van der Waals surface area contributed by atoms with Gasteiger partial charge in [-0.2, -0.15) is 0 Å². The van der Waals surface area contributed by atoms with E-state index < -0.39 is 0 Å². The normalized spacial score (nSPS) is 10.5. The van der Waals surface area contributed by atoms with E-state index in [1.807, 2.05) is 18.5 Å². The van der Waals surface area contributed by atoms with Crippen molar-refractivity contribution in [3.63, 3.8) is 0 Å². The molecule has 0 aliphatic heterocycles. The van der Waals surface area contributed by atoms with E-state index in [9.17, 15) is 0 Å². The summed E-state index contributed by atoms with van der Waals surface area (Å²) in [4.78, 5) is 4.26. The molecular weight excluding hydrogens is 508 g/mol. The van der Waals surface area contributed by atoms with E-state index in [2.05, 4.69) is 88.1 Å². The molecule has 0 radical (unpaired) electrons. The highest BCUT2D eigenvalue weighted by atomic mass is 127. The van der Waals surface area contributed by atoms with Gasteiger partial charge in [-0.15, -0.1) is 0 Å². The Hall–Kier alpha value is 0.170. The van der Waals surface area contributed by atoms with Gasteiger partial charge in [0.05, 0.1) is 6.33 Å². The van der Waals surface area contributed by atoms with E-state index in [4.69, 9.17) is 0 Å². The predicted octanol–water partition coefficient (Wildman–Crippen LogP) is 3.97. The number of aromatic nitrogens is 2. The van der Waals surface area contributed by atoms with E-state index in [-0.39, 0.29) is 0 Å². The summed E-state index contributed by atoms with van der Waals surface area (Å²) >= 11 is 7.99. The number of nitrogens with zero attached hydrogens (tertiary/aromatic N) is 2. The minimum atomic E-state index is 0.893. The van der Waals surface area contributed by atoms with Crippen LogP contribution < -0.4 is 5.32 Å². The molecule has 0 unspecified atom stereocenters. The lowest BCUT2D eigenvalue weighted by Gasteiger charge is -2.07. The van der Waals surface area contributed by atoms with Crippen LogP contribution in [0.3, 0.4) is 0 Å². The highest BCUT2D eigenvalue weighted by Gasteiger charge is 2.03. The number of halogens is 3. The quantitative estimate of drug-likeness (QED) is 0.622. The smallest absolute Gasteiger partial charge is 0.132 e. The lowest BCUT2D eigenvalue weighted by molar-refractivity contribution is 0.711. The molecule has 0 bridgehead atoms. The van der Waals surface area contributed by atoms with Gasteiger partial charge in [-0.3, -0.25) is 0 Å². The van der Waals surface area contributed by atoms with E-state index in [1.54, 1.807) is 0 Å². The molecule has 0 atom stereocenters. The second kappa shape index (κ2) is 6.37. The monoisotopic (exact) mass is 517 g/mol. The molecular formula is C11H10BrI2N3. The summed E-state index contributed by atoms with van der Waals surface area (Å²) in [5, 5.41) is 3.38. The van der Waals surface area contributed by atoms with Crippen LogP contribution in [0.15, 0.2) is 35.1 Å². The zero-order chi connectivity index (χ0) is 12.3. The van der Waals surface area contributed by atoms with Crippen LogP contribution in [0.5, 0.6) is 0 Å². The molecule has 0 fully saturated rings. The summed E-state index contributed by atoms with van der Waals surface area (Å²) in [7, 11) is 0. The van der Waals surface area contributed by atoms with Crippen molar-refractivity contribution in [2.45, 2.75) is 6.54 Å². The molecule has 17 heavy (non-hydrogen) atoms. The molecule has 6 heteroatoms. The van der Waals surface area contributed by atoms with Crippen LogP contribution in [0.2, 0.25) is 0 Å². The van der Waals surface area contributed by atoms with Gasteiger partial charge in [-0.25, -0.2) is 4.98 Å². The lowest BCUT2D eigenvalue weighted by Crippen LogP contribution is -2.10. The van der Waals surface area contributed by atoms with Gasteiger partial charge in [0.2, 0.25) is 0 Å². The molecule has 2 rings (SSSR count). The van der Waals surface area contributed by atoms with Crippen LogP contribution in [-0.4, -0.2) is 16.1 Å². The fourth-order valence-electron chi connectivity index (χ4n) is 1.39. The van der Waals surface area contributed by atoms with Crippen molar-refractivity contribution in [3.8, 4) is 0 Å². The van der Waals surface area contributed by atoms with Crippen molar-refractivity contribution in [1.29, 1.82) is 0 Å². The predicted molar refractivity (Wildman–Crippen MR) is 90.3 cm³/mol. The largest absolute Gasteiger partial charge is 0.383 e. The average molecular weight is 518 g/mol. The standard InChI is InChI=1S/C11H10BrI2N3/c12-8-1-3-9(4-2-8)15-5-6-17-7-16-10(13)11(17)14/h1-4,7,15H,5-6H2. The summed E-state index contributed by atoms with van der Waals surface area (Å²) < 4.78 is 5.50. The second-order valence-electron chi connectivity index (χ2n) is 3.45. The lowest BCUT2D eigenvalue weighted by atomic mass is 10.3. The Balaban J connectivity index is 1.87. The van der Waals surface area contributed by atoms with Crippen LogP contribution in [0.25, 0.3) is 0 Å². The van der Waals surface area contributed by atoms with E-state index >= 15 is 0 Å². The van der Waals surface area contributed by atoms with Gasteiger partial charge < -0.3 is 9.88 Å². The van der Waals surface area contributed by atoms with E-state index in [0.717, 1.165) is 27.0 Å². The average Bonchev–Trinajstić information content (AvgIpc) is 2.64. The second-order valence-corrected chi connectivity index (χ2v) is 6.41. The first-order chi connectivity index (χ1) is 8.16. The molecule has 1 N–H and O–H groups in total. The van der Waals surface area contributed by atoms with Crippen molar-refractivity contribution in [3.05, 3.63) is 42.5 Å². The van der Waals surface area contributed by atoms with Gasteiger partial charge in [0, 0.05) is 23.2 Å². The van der Waals surface area contributed by atoms with Gasteiger partial charge in [0.15, 0.2) is 0 Å². The number of benzene rings is 1. The first-order valence-corrected chi connectivity index (χ1v) is 7.97. The Kier molecular flexibility index (Phi) is 5.10. The molecule has 0 aliphatic carbocycles. The van der Waals surface area contributed by atoms with E-state index in [0.29, 0.717) is 0 Å². The summed E-state index contributed by atoms with van der Waals surface area (Å²) in [5.41, 5.74) is 1.14. The summed E-state index contributed by atoms with van der Waals surface area (Å²) in [6.07, 6.45) is 1.88. The zero-order valence-corrected chi connectivity index (χ0v) is 14.7. The van der Waals surface area contributed by atoms with Crippen LogP contribution in [-0.2, 0) is 6.54 Å². The Bertz CT molecular complexity index is 496. The van der Waals surface area contributed by atoms with E-state index in [1.165, 1.54) is 3.70 Å². The maximum absolute atomic E-state index is 4.26. The fourth-order valence-corrected chi connectivity index (χ4v) is 2.59. The molecule has 0 aliphatic rings. The zero-order valence-electron chi connectivity index (χ0n) is 8.83. The Labute approximate surface area is 136 Å². The van der Waals surface area contributed by atoms with Crippen LogP contribution in [0.1, 0.15) is 0 Å². The third-order valence-corrected chi connectivity index (χ3v) is 5.74. The SMILES string of the molecule is Brc1ccc(NCCn2cnc(I)c2I)cc1. The van der Waals surface area contributed by atoms with Crippen molar-refractivity contribution < 1.29 is 0 Å². The molecule has 1 aromatic heterocycles. The van der Waals surface area contributed by atoms with Crippen molar-refractivity contribution in [2.24, 2.45) is 0 Å². The summed E-state index contributed by atoms with van der Waals surface area (Å²) in [6, 6.07) is 8.19. The Morgan fingerprint density at radius 3 is 2.53 bits per heavy atom.